The average molecular weight is 283 g/mol. The lowest BCUT2D eigenvalue weighted by Crippen LogP contribution is -2.04. The van der Waals surface area contributed by atoms with Gasteiger partial charge in [0.2, 0.25) is 0 Å². The first-order chi connectivity index (χ1) is 8.61. The lowest BCUT2D eigenvalue weighted by molar-refractivity contribution is 0.0475. The van der Waals surface area contributed by atoms with E-state index >= 15 is 0 Å². The maximum Gasteiger partial charge on any atom is 0.352 e. The number of aromatic nitrogens is 1. The highest BCUT2D eigenvalue weighted by Gasteiger charge is 2.16. The zero-order valence-corrected chi connectivity index (χ0v) is 12.0. The normalized spacial score (nSPS) is 10.4. The summed E-state index contributed by atoms with van der Waals surface area (Å²) < 4.78 is 10.3. The van der Waals surface area contributed by atoms with Crippen LogP contribution in [0, 0.1) is 13.8 Å². The Morgan fingerprint density at radius 2 is 2.22 bits per heavy atom. The number of nitrogens with zero attached hydrogens (tertiary/aromatic N) is 1. The molecule has 2 aromatic rings. The van der Waals surface area contributed by atoms with E-state index in [1.807, 2.05) is 13.8 Å². The maximum absolute atomic E-state index is 11.8. The van der Waals surface area contributed by atoms with Crippen LogP contribution < -0.4 is 4.74 Å². The Morgan fingerprint density at radius 3 is 2.83 bits per heavy atom. The highest BCUT2D eigenvalue weighted by atomic mass is 32.1. The minimum Gasteiger partial charge on any atom is -0.495 e. The molecule has 0 aromatic carbocycles. The van der Waals surface area contributed by atoms with Gasteiger partial charge in [-0.25, -0.2) is 9.78 Å². The van der Waals surface area contributed by atoms with Crippen molar-refractivity contribution >= 4 is 28.6 Å². The molecule has 0 N–H and O–H groups in total. The minimum absolute atomic E-state index is 0.208. The van der Waals surface area contributed by atoms with E-state index in [0.717, 1.165) is 15.6 Å². The first-order valence-electron chi connectivity index (χ1n) is 5.33. The number of carbonyl (C=O) groups is 1. The van der Waals surface area contributed by atoms with Crippen molar-refractivity contribution in [2.24, 2.45) is 0 Å². The van der Waals surface area contributed by atoms with Crippen LogP contribution in [0.25, 0.3) is 0 Å². The number of thiophene rings is 1. The van der Waals surface area contributed by atoms with Gasteiger partial charge in [-0.05, 0) is 25.3 Å². The summed E-state index contributed by atoms with van der Waals surface area (Å²) in [5.74, 6) is 0.184. The standard InChI is InChI=1S/C12H13NO3S2/c1-7-8(2)18-10(13-7)6-16-12(14)11-9(15-3)4-5-17-11/h4-5H,6H2,1-3H3. The van der Waals surface area contributed by atoms with Crippen LogP contribution in [0.5, 0.6) is 5.75 Å². The van der Waals surface area contributed by atoms with Gasteiger partial charge < -0.3 is 9.47 Å². The number of hydrogen-bond donors (Lipinski definition) is 0. The van der Waals surface area contributed by atoms with Gasteiger partial charge in [-0.2, -0.15) is 0 Å². The number of methoxy groups -OCH3 is 1. The second-order valence-electron chi connectivity index (χ2n) is 3.64. The Hall–Kier alpha value is -1.40. The molecule has 0 bridgehead atoms. The number of rotatable bonds is 4. The first-order valence-corrected chi connectivity index (χ1v) is 7.03. The van der Waals surface area contributed by atoms with Gasteiger partial charge in [0, 0.05) is 4.88 Å². The molecule has 0 radical (unpaired) electrons. The number of hydrogen-bond acceptors (Lipinski definition) is 6. The van der Waals surface area contributed by atoms with Crippen LogP contribution in [-0.4, -0.2) is 18.1 Å². The Balaban J connectivity index is 2.00. The summed E-state index contributed by atoms with van der Waals surface area (Å²) in [4.78, 5) is 17.8. The number of esters is 1. The van der Waals surface area contributed by atoms with E-state index < -0.39 is 0 Å². The van der Waals surface area contributed by atoms with E-state index in [2.05, 4.69) is 4.98 Å². The van der Waals surface area contributed by atoms with E-state index in [0.29, 0.717) is 10.6 Å². The van der Waals surface area contributed by atoms with Crippen molar-refractivity contribution in [3.63, 3.8) is 0 Å². The number of ether oxygens (including phenoxy) is 2. The molecule has 4 nitrogen and oxygen atoms in total. The van der Waals surface area contributed by atoms with Gasteiger partial charge in [0.25, 0.3) is 0 Å². The van der Waals surface area contributed by atoms with Crippen LogP contribution in [0.1, 0.15) is 25.3 Å². The van der Waals surface area contributed by atoms with Crippen LogP contribution in [0.2, 0.25) is 0 Å². The smallest absolute Gasteiger partial charge is 0.352 e. The molecule has 0 saturated heterocycles. The Kier molecular flexibility index (Phi) is 3.98. The van der Waals surface area contributed by atoms with E-state index in [1.165, 1.54) is 18.4 Å². The molecule has 0 unspecified atom stereocenters. The van der Waals surface area contributed by atoms with Crippen LogP contribution in [0.3, 0.4) is 0 Å². The predicted octanol–water partition coefficient (Wildman–Crippen LogP) is 3.19. The lowest BCUT2D eigenvalue weighted by Gasteiger charge is -2.02. The summed E-state index contributed by atoms with van der Waals surface area (Å²) in [7, 11) is 1.53. The number of aryl methyl sites for hydroxylation is 2. The van der Waals surface area contributed by atoms with Crippen molar-refractivity contribution in [1.82, 2.24) is 4.98 Å². The molecule has 2 aromatic heterocycles. The van der Waals surface area contributed by atoms with Crippen molar-refractivity contribution in [2.45, 2.75) is 20.5 Å². The predicted molar refractivity (Wildman–Crippen MR) is 71.6 cm³/mol. The number of carbonyl (C=O) groups excluding carboxylic acids is 1. The molecular formula is C12H13NO3S2. The fourth-order valence-corrected chi connectivity index (χ4v) is 3.00. The molecular weight excluding hydrogens is 270 g/mol. The van der Waals surface area contributed by atoms with Gasteiger partial charge >= 0.3 is 5.97 Å². The topological polar surface area (TPSA) is 48.4 Å². The molecule has 0 aliphatic heterocycles. The van der Waals surface area contributed by atoms with Crippen LogP contribution in [-0.2, 0) is 11.3 Å². The van der Waals surface area contributed by atoms with Crippen molar-refractivity contribution in [3.8, 4) is 5.75 Å². The summed E-state index contributed by atoms with van der Waals surface area (Å²) in [6.07, 6.45) is 0. The van der Waals surface area contributed by atoms with Crippen LogP contribution >= 0.6 is 22.7 Å². The second kappa shape index (κ2) is 5.49. The lowest BCUT2D eigenvalue weighted by atomic mass is 10.4. The SMILES string of the molecule is COc1ccsc1C(=O)OCc1nc(C)c(C)s1. The Bertz CT molecular complexity index is 540. The summed E-state index contributed by atoms with van der Waals surface area (Å²) in [5, 5.41) is 2.61. The Labute approximate surface area is 113 Å². The fraction of sp³-hybridized carbons (Fsp3) is 0.333. The third-order valence-electron chi connectivity index (χ3n) is 2.43. The van der Waals surface area contributed by atoms with E-state index in [4.69, 9.17) is 9.47 Å². The van der Waals surface area contributed by atoms with Crippen molar-refractivity contribution in [2.75, 3.05) is 7.11 Å². The molecule has 6 heteroatoms. The molecule has 0 atom stereocenters. The van der Waals surface area contributed by atoms with E-state index in [-0.39, 0.29) is 12.6 Å². The molecule has 18 heavy (non-hydrogen) atoms. The van der Waals surface area contributed by atoms with Crippen molar-refractivity contribution in [3.05, 3.63) is 31.9 Å². The average Bonchev–Trinajstić information content (AvgIpc) is 2.94. The highest BCUT2D eigenvalue weighted by molar-refractivity contribution is 7.12. The zero-order valence-electron chi connectivity index (χ0n) is 10.4. The van der Waals surface area contributed by atoms with Gasteiger partial charge in [0.1, 0.15) is 17.4 Å². The summed E-state index contributed by atoms with van der Waals surface area (Å²) in [6.45, 7) is 4.15. The van der Waals surface area contributed by atoms with Crippen molar-refractivity contribution in [1.29, 1.82) is 0 Å². The monoisotopic (exact) mass is 283 g/mol. The van der Waals surface area contributed by atoms with E-state index in [9.17, 15) is 4.79 Å². The first kappa shape index (κ1) is 13.0. The molecule has 0 fully saturated rings. The third-order valence-corrected chi connectivity index (χ3v) is 4.36. The third kappa shape index (κ3) is 2.70. The minimum atomic E-state index is -0.368. The molecule has 0 aliphatic rings. The van der Waals surface area contributed by atoms with Crippen LogP contribution in [0.4, 0.5) is 0 Å². The summed E-state index contributed by atoms with van der Waals surface area (Å²) in [6, 6.07) is 1.75. The van der Waals surface area contributed by atoms with Gasteiger partial charge in [-0.1, -0.05) is 0 Å². The summed E-state index contributed by atoms with van der Waals surface area (Å²) >= 11 is 2.86. The second-order valence-corrected chi connectivity index (χ2v) is 5.85. The van der Waals surface area contributed by atoms with Gasteiger partial charge in [-0.15, -0.1) is 22.7 Å². The number of thiazole rings is 1. The maximum atomic E-state index is 11.8. The van der Waals surface area contributed by atoms with Gasteiger partial charge in [0.15, 0.2) is 4.88 Å². The largest absolute Gasteiger partial charge is 0.495 e. The zero-order chi connectivity index (χ0) is 13.1. The molecule has 0 aliphatic carbocycles. The molecule has 0 saturated carbocycles. The van der Waals surface area contributed by atoms with E-state index in [1.54, 1.807) is 22.8 Å². The Morgan fingerprint density at radius 1 is 1.44 bits per heavy atom. The molecule has 0 amide bonds. The molecule has 2 heterocycles. The molecule has 96 valence electrons. The van der Waals surface area contributed by atoms with Gasteiger partial charge in [-0.3, -0.25) is 0 Å². The fourth-order valence-electron chi connectivity index (χ4n) is 1.40. The molecule has 2 rings (SSSR count). The van der Waals surface area contributed by atoms with Gasteiger partial charge in [0.05, 0.1) is 12.8 Å². The quantitative estimate of drug-likeness (QED) is 0.809. The molecule has 0 spiro atoms. The summed E-state index contributed by atoms with van der Waals surface area (Å²) in [5.41, 5.74) is 0.986. The van der Waals surface area contributed by atoms with Crippen LogP contribution in [0.15, 0.2) is 11.4 Å². The highest BCUT2D eigenvalue weighted by Crippen LogP contribution is 2.26. The van der Waals surface area contributed by atoms with Crippen molar-refractivity contribution < 1.29 is 14.3 Å².